The lowest BCUT2D eigenvalue weighted by Crippen LogP contribution is -2.28. The number of imidazole rings is 1. The summed E-state index contributed by atoms with van der Waals surface area (Å²) in [5.74, 6) is 1.60. The summed E-state index contributed by atoms with van der Waals surface area (Å²) in [7, 11) is 3.37. The number of nitrogens with two attached hydrogens (primary N) is 1. The molecule has 2 heterocycles. The quantitative estimate of drug-likeness (QED) is 0.607. The van der Waals surface area contributed by atoms with Gasteiger partial charge in [-0.3, -0.25) is 4.79 Å². The number of nitrogens with one attached hydrogen (secondary N) is 2. The summed E-state index contributed by atoms with van der Waals surface area (Å²) in [5, 5.41) is 5.93. The average molecular weight is 395 g/mol. The fourth-order valence-electron chi connectivity index (χ4n) is 3.88. The van der Waals surface area contributed by atoms with E-state index in [0.29, 0.717) is 17.3 Å². The summed E-state index contributed by atoms with van der Waals surface area (Å²) >= 11 is 0. The summed E-state index contributed by atoms with van der Waals surface area (Å²) < 4.78 is 7.27. The Kier molecular flexibility index (Phi) is 5.20. The summed E-state index contributed by atoms with van der Waals surface area (Å²) in [6, 6.07) is 7.65. The fraction of sp³-hybridized carbons (Fsp3) is 0.400. The number of nitrogens with zero attached hydrogens (tertiary/aromatic N) is 4. The van der Waals surface area contributed by atoms with Crippen LogP contribution in [0.4, 0.5) is 17.5 Å². The zero-order valence-corrected chi connectivity index (χ0v) is 16.6. The lowest BCUT2D eigenvalue weighted by Gasteiger charge is -2.28. The molecule has 0 atom stereocenters. The number of carbonyl (C=O) groups excluding carboxylic acids is 1. The number of fused-ring (bicyclic) bond motifs is 1. The minimum absolute atomic E-state index is 0.0141. The Morgan fingerprint density at radius 3 is 2.76 bits per heavy atom. The van der Waals surface area contributed by atoms with Gasteiger partial charge in [-0.25, -0.2) is 4.98 Å². The number of methoxy groups -OCH3 is 1. The molecule has 152 valence electrons. The summed E-state index contributed by atoms with van der Waals surface area (Å²) in [6.07, 6.45) is 5.14. The van der Waals surface area contributed by atoms with Crippen LogP contribution in [0.3, 0.4) is 0 Å². The first-order chi connectivity index (χ1) is 14.1. The number of hydrogen-bond acceptors (Lipinski definition) is 7. The normalized spacial score (nSPS) is 19.1. The van der Waals surface area contributed by atoms with Crippen LogP contribution in [0.5, 0.6) is 5.75 Å². The molecule has 1 aromatic carbocycles. The van der Waals surface area contributed by atoms with Crippen molar-refractivity contribution in [1.82, 2.24) is 19.5 Å². The van der Waals surface area contributed by atoms with Crippen molar-refractivity contribution < 1.29 is 9.53 Å². The Hall–Kier alpha value is -3.36. The van der Waals surface area contributed by atoms with Crippen molar-refractivity contribution in [2.75, 3.05) is 30.5 Å². The molecule has 1 saturated carbocycles. The molecule has 2 aromatic heterocycles. The third-order valence-corrected chi connectivity index (χ3v) is 5.47. The molecule has 1 amide bonds. The molecule has 0 radical (unpaired) electrons. The third kappa shape index (κ3) is 3.80. The second kappa shape index (κ2) is 7.94. The van der Waals surface area contributed by atoms with Gasteiger partial charge in [0, 0.05) is 30.8 Å². The van der Waals surface area contributed by atoms with Crippen molar-refractivity contribution in [3.8, 4) is 5.75 Å². The zero-order valence-electron chi connectivity index (χ0n) is 16.6. The van der Waals surface area contributed by atoms with E-state index in [0.717, 1.165) is 42.8 Å². The Bertz CT molecular complexity index is 1020. The standard InChI is InChI=1S/C20H25N7O2/c1-22-20-25-17(21)16-18(26-20)27(11-23-16)14-8-6-12(7-9-14)19(28)24-13-4-3-5-15(10-13)29-2/h3-5,10-12,14H,6-9H2,1-2H3,(H,24,28)(H3,21,22,25,26)/t12-,14+. The second-order valence-electron chi connectivity index (χ2n) is 7.23. The second-order valence-corrected chi connectivity index (χ2v) is 7.23. The van der Waals surface area contributed by atoms with Crippen LogP contribution in [0.25, 0.3) is 11.2 Å². The van der Waals surface area contributed by atoms with Crippen molar-refractivity contribution in [2.45, 2.75) is 31.7 Å². The number of amides is 1. The van der Waals surface area contributed by atoms with Crippen LogP contribution >= 0.6 is 0 Å². The predicted molar refractivity (Wildman–Crippen MR) is 112 cm³/mol. The van der Waals surface area contributed by atoms with E-state index < -0.39 is 0 Å². The Labute approximate surface area is 168 Å². The van der Waals surface area contributed by atoms with E-state index in [2.05, 4.69) is 30.2 Å². The highest BCUT2D eigenvalue weighted by atomic mass is 16.5. The first kappa shape index (κ1) is 19.0. The van der Waals surface area contributed by atoms with Crippen molar-refractivity contribution in [3.05, 3.63) is 30.6 Å². The summed E-state index contributed by atoms with van der Waals surface area (Å²) in [4.78, 5) is 25.8. The van der Waals surface area contributed by atoms with E-state index in [1.807, 2.05) is 24.3 Å². The number of hydrogen-bond donors (Lipinski definition) is 3. The first-order valence-electron chi connectivity index (χ1n) is 9.71. The fourth-order valence-corrected chi connectivity index (χ4v) is 3.88. The maximum absolute atomic E-state index is 12.7. The molecule has 9 nitrogen and oxygen atoms in total. The van der Waals surface area contributed by atoms with E-state index >= 15 is 0 Å². The van der Waals surface area contributed by atoms with Gasteiger partial charge < -0.3 is 25.7 Å². The Morgan fingerprint density at radius 1 is 1.24 bits per heavy atom. The van der Waals surface area contributed by atoms with E-state index in [4.69, 9.17) is 10.5 Å². The minimum atomic E-state index is -0.0141. The lowest BCUT2D eigenvalue weighted by molar-refractivity contribution is -0.120. The number of anilines is 3. The summed E-state index contributed by atoms with van der Waals surface area (Å²) in [6.45, 7) is 0. The smallest absolute Gasteiger partial charge is 0.227 e. The number of nitrogen functional groups attached to an aromatic ring is 1. The van der Waals surface area contributed by atoms with Crippen LogP contribution in [0, 0.1) is 5.92 Å². The van der Waals surface area contributed by atoms with Crippen LogP contribution in [0.1, 0.15) is 31.7 Å². The van der Waals surface area contributed by atoms with Gasteiger partial charge in [-0.1, -0.05) is 6.07 Å². The molecule has 9 heteroatoms. The highest BCUT2D eigenvalue weighted by molar-refractivity contribution is 5.92. The van der Waals surface area contributed by atoms with Gasteiger partial charge >= 0.3 is 0 Å². The van der Waals surface area contributed by atoms with Gasteiger partial charge in [0.1, 0.15) is 11.3 Å². The maximum Gasteiger partial charge on any atom is 0.227 e. The topological polar surface area (TPSA) is 120 Å². The monoisotopic (exact) mass is 395 g/mol. The molecule has 1 aliphatic rings. The van der Waals surface area contributed by atoms with Crippen molar-refractivity contribution in [2.24, 2.45) is 5.92 Å². The molecule has 4 rings (SSSR count). The highest BCUT2D eigenvalue weighted by Crippen LogP contribution is 2.35. The number of rotatable bonds is 5. The van der Waals surface area contributed by atoms with Crippen molar-refractivity contribution in [3.63, 3.8) is 0 Å². The van der Waals surface area contributed by atoms with Gasteiger partial charge in [-0.2, -0.15) is 9.97 Å². The largest absolute Gasteiger partial charge is 0.497 e. The highest BCUT2D eigenvalue weighted by Gasteiger charge is 2.28. The molecule has 0 aliphatic heterocycles. The predicted octanol–water partition coefficient (Wildman–Crippen LogP) is 2.83. The number of aromatic nitrogens is 4. The third-order valence-electron chi connectivity index (χ3n) is 5.47. The number of benzene rings is 1. The maximum atomic E-state index is 12.7. The summed E-state index contributed by atoms with van der Waals surface area (Å²) in [5.41, 5.74) is 8.10. The van der Waals surface area contributed by atoms with Crippen LogP contribution in [-0.2, 0) is 4.79 Å². The van der Waals surface area contributed by atoms with Crippen molar-refractivity contribution in [1.29, 1.82) is 0 Å². The molecule has 0 spiro atoms. The van der Waals surface area contributed by atoms with E-state index in [1.165, 1.54) is 0 Å². The Balaban J connectivity index is 1.43. The molecular weight excluding hydrogens is 370 g/mol. The van der Waals surface area contributed by atoms with E-state index in [1.54, 1.807) is 20.5 Å². The van der Waals surface area contributed by atoms with E-state index in [9.17, 15) is 4.79 Å². The Morgan fingerprint density at radius 2 is 2.03 bits per heavy atom. The molecule has 1 fully saturated rings. The molecule has 4 N–H and O–H groups in total. The minimum Gasteiger partial charge on any atom is -0.497 e. The van der Waals surface area contributed by atoms with Crippen molar-refractivity contribution >= 4 is 34.5 Å². The van der Waals surface area contributed by atoms with E-state index in [-0.39, 0.29) is 17.9 Å². The molecule has 0 saturated heterocycles. The van der Waals surface area contributed by atoms with Crippen LogP contribution < -0.4 is 21.1 Å². The molecule has 0 unspecified atom stereocenters. The van der Waals surface area contributed by atoms with Gasteiger partial charge in [-0.05, 0) is 37.8 Å². The molecule has 29 heavy (non-hydrogen) atoms. The number of carbonyl (C=O) groups is 1. The number of ether oxygens (including phenoxy) is 1. The zero-order chi connectivity index (χ0) is 20.4. The van der Waals surface area contributed by atoms with Crippen LogP contribution in [0.15, 0.2) is 30.6 Å². The van der Waals surface area contributed by atoms with Gasteiger partial charge in [0.05, 0.1) is 13.4 Å². The average Bonchev–Trinajstić information content (AvgIpc) is 3.18. The SMILES string of the molecule is CNc1nc(N)c2ncn([C@H]3CC[C@@H](C(=O)Nc4cccc(OC)c4)CC3)c2n1. The molecule has 1 aliphatic carbocycles. The van der Waals surface area contributed by atoms with Gasteiger partial charge in [0.25, 0.3) is 0 Å². The van der Waals surface area contributed by atoms with Crippen LogP contribution in [0.2, 0.25) is 0 Å². The van der Waals surface area contributed by atoms with Gasteiger partial charge in [-0.15, -0.1) is 0 Å². The lowest BCUT2D eigenvalue weighted by atomic mass is 9.85. The first-order valence-corrected chi connectivity index (χ1v) is 9.71. The molecular formula is C20H25N7O2. The molecule has 0 bridgehead atoms. The van der Waals surface area contributed by atoms with Crippen LogP contribution in [-0.4, -0.2) is 39.6 Å². The van der Waals surface area contributed by atoms with Gasteiger partial charge in [0.15, 0.2) is 11.5 Å². The van der Waals surface area contributed by atoms with Gasteiger partial charge in [0.2, 0.25) is 11.9 Å². The molecule has 3 aromatic rings.